The van der Waals surface area contributed by atoms with E-state index >= 15 is 0 Å². The smallest absolute Gasteiger partial charge is 0.187 e. The molecule has 0 aliphatic heterocycles. The van der Waals surface area contributed by atoms with Crippen LogP contribution in [0.25, 0.3) is 0 Å². The lowest BCUT2D eigenvalue weighted by Crippen LogP contribution is -2.19. The largest absolute Gasteiger partial charge is 0.377 e. The molecule has 1 aromatic carbocycles. The zero-order chi connectivity index (χ0) is 13.4. The van der Waals surface area contributed by atoms with Gasteiger partial charge in [0.25, 0.3) is 0 Å². The van der Waals surface area contributed by atoms with Crippen LogP contribution in [0.2, 0.25) is 0 Å². The summed E-state index contributed by atoms with van der Waals surface area (Å²) in [7, 11) is 0. The number of rotatable bonds is 7. The predicted octanol–water partition coefficient (Wildman–Crippen LogP) is 3.81. The highest BCUT2D eigenvalue weighted by molar-refractivity contribution is 6.04. The van der Waals surface area contributed by atoms with Gasteiger partial charge in [-0.2, -0.15) is 0 Å². The van der Waals surface area contributed by atoms with Gasteiger partial charge in [-0.05, 0) is 19.8 Å². The van der Waals surface area contributed by atoms with E-state index in [0.717, 1.165) is 31.5 Å². The Balaban J connectivity index is 2.64. The molecule has 0 aliphatic carbocycles. The van der Waals surface area contributed by atoms with E-state index in [2.05, 4.69) is 18.7 Å². The van der Waals surface area contributed by atoms with Crippen molar-refractivity contribution in [3.8, 4) is 0 Å². The van der Waals surface area contributed by atoms with Crippen molar-refractivity contribution in [2.24, 2.45) is 0 Å². The van der Waals surface area contributed by atoms with Gasteiger partial charge >= 0.3 is 0 Å². The van der Waals surface area contributed by atoms with E-state index in [1.54, 1.807) is 6.08 Å². The predicted molar refractivity (Wildman–Crippen MR) is 76.8 cm³/mol. The second-order valence-electron chi connectivity index (χ2n) is 4.58. The maximum atomic E-state index is 12.0. The van der Waals surface area contributed by atoms with Gasteiger partial charge in [0.2, 0.25) is 0 Å². The lowest BCUT2D eigenvalue weighted by atomic mass is 10.1. The number of hydrogen-bond acceptors (Lipinski definition) is 2. The summed E-state index contributed by atoms with van der Waals surface area (Å²) in [6, 6.07) is 7.70. The highest BCUT2D eigenvalue weighted by Crippen LogP contribution is 2.05. The maximum absolute atomic E-state index is 12.0. The van der Waals surface area contributed by atoms with Crippen molar-refractivity contribution in [3.05, 3.63) is 47.7 Å². The van der Waals surface area contributed by atoms with Crippen LogP contribution in [0, 0.1) is 6.92 Å². The molecule has 0 fully saturated rings. The van der Waals surface area contributed by atoms with Gasteiger partial charge in [-0.3, -0.25) is 4.79 Å². The Morgan fingerprint density at radius 3 is 2.17 bits per heavy atom. The lowest BCUT2D eigenvalue weighted by molar-refractivity contribution is 0.104. The van der Waals surface area contributed by atoms with Crippen molar-refractivity contribution < 1.29 is 4.79 Å². The molecular weight excluding hydrogens is 222 g/mol. The summed E-state index contributed by atoms with van der Waals surface area (Å²) < 4.78 is 0. The van der Waals surface area contributed by atoms with E-state index in [4.69, 9.17) is 0 Å². The standard InChI is InChI=1S/C16H23NO/c1-4-11-17(12-5-2)13-10-16(18)15-8-6-14(3)7-9-15/h6-10,13H,4-5,11-12H2,1-3H3/b13-10-. The summed E-state index contributed by atoms with van der Waals surface area (Å²) in [6.07, 6.45) is 5.80. The van der Waals surface area contributed by atoms with Gasteiger partial charge in [0, 0.05) is 30.9 Å². The molecule has 1 rings (SSSR count). The van der Waals surface area contributed by atoms with E-state index in [1.807, 2.05) is 37.4 Å². The third-order valence-electron chi connectivity index (χ3n) is 2.79. The Hall–Kier alpha value is -1.57. The van der Waals surface area contributed by atoms with Crippen LogP contribution in [0.3, 0.4) is 0 Å². The van der Waals surface area contributed by atoms with Crippen LogP contribution in [0.15, 0.2) is 36.5 Å². The van der Waals surface area contributed by atoms with Crippen LogP contribution in [0.5, 0.6) is 0 Å². The molecule has 0 aliphatic rings. The van der Waals surface area contributed by atoms with Gasteiger partial charge in [0.05, 0.1) is 0 Å². The van der Waals surface area contributed by atoms with Gasteiger partial charge in [0.15, 0.2) is 5.78 Å². The molecule has 0 bridgehead atoms. The van der Waals surface area contributed by atoms with Crippen LogP contribution < -0.4 is 0 Å². The van der Waals surface area contributed by atoms with Crippen LogP contribution in [0.1, 0.15) is 42.6 Å². The highest BCUT2D eigenvalue weighted by Gasteiger charge is 2.02. The fourth-order valence-corrected chi connectivity index (χ4v) is 1.82. The minimum absolute atomic E-state index is 0.0761. The van der Waals surface area contributed by atoms with Gasteiger partial charge in [-0.1, -0.05) is 43.7 Å². The van der Waals surface area contributed by atoms with Crippen LogP contribution >= 0.6 is 0 Å². The Bertz CT molecular complexity index is 386. The molecule has 0 radical (unpaired) electrons. The lowest BCUT2D eigenvalue weighted by Gasteiger charge is -2.18. The summed E-state index contributed by atoms with van der Waals surface area (Å²) in [6.45, 7) is 8.34. The molecule has 98 valence electrons. The average Bonchev–Trinajstić information content (AvgIpc) is 2.37. The molecule has 2 nitrogen and oxygen atoms in total. The molecule has 0 heterocycles. The summed E-state index contributed by atoms with van der Waals surface area (Å²) in [5.41, 5.74) is 1.93. The number of nitrogens with zero attached hydrogens (tertiary/aromatic N) is 1. The maximum Gasteiger partial charge on any atom is 0.187 e. The van der Waals surface area contributed by atoms with Crippen molar-refractivity contribution in [1.29, 1.82) is 0 Å². The fraction of sp³-hybridized carbons (Fsp3) is 0.438. The molecular formula is C16H23NO. The number of carbonyl (C=O) groups excluding carboxylic acids is 1. The molecule has 0 N–H and O–H groups in total. The zero-order valence-electron chi connectivity index (χ0n) is 11.6. The molecule has 0 saturated carbocycles. The van der Waals surface area contributed by atoms with Crippen molar-refractivity contribution in [2.75, 3.05) is 13.1 Å². The van der Waals surface area contributed by atoms with Crippen molar-refractivity contribution in [3.63, 3.8) is 0 Å². The second kappa shape index (κ2) is 7.70. The van der Waals surface area contributed by atoms with E-state index in [9.17, 15) is 4.79 Å². The van der Waals surface area contributed by atoms with Gasteiger partial charge < -0.3 is 4.90 Å². The Labute approximate surface area is 110 Å². The minimum atomic E-state index is 0.0761. The summed E-state index contributed by atoms with van der Waals surface area (Å²) in [4.78, 5) is 14.2. The quantitative estimate of drug-likeness (QED) is 0.538. The number of benzene rings is 1. The highest BCUT2D eigenvalue weighted by atomic mass is 16.1. The van der Waals surface area contributed by atoms with Crippen molar-refractivity contribution >= 4 is 5.78 Å². The average molecular weight is 245 g/mol. The number of aryl methyl sites for hydroxylation is 1. The van der Waals surface area contributed by atoms with Crippen LogP contribution in [-0.2, 0) is 0 Å². The summed E-state index contributed by atoms with van der Waals surface area (Å²) in [5, 5.41) is 0. The Morgan fingerprint density at radius 1 is 1.11 bits per heavy atom. The van der Waals surface area contributed by atoms with E-state index in [0.29, 0.717) is 0 Å². The van der Waals surface area contributed by atoms with E-state index in [-0.39, 0.29) is 5.78 Å². The first kappa shape index (κ1) is 14.5. The third-order valence-corrected chi connectivity index (χ3v) is 2.79. The molecule has 1 aromatic rings. The zero-order valence-corrected chi connectivity index (χ0v) is 11.6. The minimum Gasteiger partial charge on any atom is -0.377 e. The van der Waals surface area contributed by atoms with Gasteiger partial charge in [0.1, 0.15) is 0 Å². The molecule has 2 heteroatoms. The Kier molecular flexibility index (Phi) is 6.20. The first-order chi connectivity index (χ1) is 8.67. The molecule has 0 unspecified atom stereocenters. The second-order valence-corrected chi connectivity index (χ2v) is 4.58. The van der Waals surface area contributed by atoms with Crippen LogP contribution in [-0.4, -0.2) is 23.8 Å². The van der Waals surface area contributed by atoms with E-state index in [1.165, 1.54) is 5.56 Å². The molecule has 18 heavy (non-hydrogen) atoms. The number of hydrogen-bond donors (Lipinski definition) is 0. The van der Waals surface area contributed by atoms with Gasteiger partial charge in [-0.25, -0.2) is 0 Å². The fourth-order valence-electron chi connectivity index (χ4n) is 1.82. The normalized spacial score (nSPS) is 10.8. The summed E-state index contributed by atoms with van der Waals surface area (Å²) >= 11 is 0. The molecule has 0 saturated heterocycles. The number of carbonyl (C=O) groups is 1. The molecule has 0 atom stereocenters. The number of ketones is 1. The van der Waals surface area contributed by atoms with Crippen LogP contribution in [0.4, 0.5) is 0 Å². The first-order valence-electron chi connectivity index (χ1n) is 6.70. The monoisotopic (exact) mass is 245 g/mol. The number of allylic oxidation sites excluding steroid dienone is 1. The SMILES string of the molecule is CCCN(/C=C\C(=O)c1ccc(C)cc1)CCC. The molecule has 0 aromatic heterocycles. The van der Waals surface area contributed by atoms with Crippen molar-refractivity contribution in [2.45, 2.75) is 33.6 Å². The topological polar surface area (TPSA) is 20.3 Å². The van der Waals surface area contributed by atoms with Gasteiger partial charge in [-0.15, -0.1) is 0 Å². The summed E-state index contributed by atoms with van der Waals surface area (Å²) in [5.74, 6) is 0.0761. The first-order valence-corrected chi connectivity index (χ1v) is 6.70. The van der Waals surface area contributed by atoms with E-state index < -0.39 is 0 Å². The molecule has 0 amide bonds. The molecule has 0 spiro atoms. The van der Waals surface area contributed by atoms with Crippen molar-refractivity contribution in [1.82, 2.24) is 4.90 Å². The third kappa shape index (κ3) is 4.74. The Morgan fingerprint density at radius 2 is 1.67 bits per heavy atom.